The Morgan fingerprint density at radius 1 is 1.32 bits per heavy atom. The summed E-state index contributed by atoms with van der Waals surface area (Å²) in [5, 5.41) is 8.93. The van der Waals surface area contributed by atoms with Gasteiger partial charge in [0.1, 0.15) is 0 Å². The molecule has 0 saturated heterocycles. The molecule has 0 unspecified atom stereocenters. The van der Waals surface area contributed by atoms with Crippen molar-refractivity contribution in [2.45, 2.75) is 46.1 Å². The van der Waals surface area contributed by atoms with Crippen LogP contribution in [-0.2, 0) is 11.2 Å². The van der Waals surface area contributed by atoms with Crippen LogP contribution in [0.1, 0.15) is 37.0 Å². The molecule has 0 radical (unpaired) electrons. The second-order valence-electron chi connectivity index (χ2n) is 5.98. The summed E-state index contributed by atoms with van der Waals surface area (Å²) in [6.45, 7) is 9.04. The molecule has 1 aromatic rings. The van der Waals surface area contributed by atoms with Gasteiger partial charge in [0.25, 0.3) is 0 Å². The number of likely N-dealkylation sites (N-methyl/N-ethyl adjacent to an activating group) is 1. The van der Waals surface area contributed by atoms with E-state index in [0.29, 0.717) is 0 Å². The van der Waals surface area contributed by atoms with E-state index in [-0.39, 0.29) is 12.0 Å². The van der Waals surface area contributed by atoms with Crippen molar-refractivity contribution in [1.82, 2.24) is 4.90 Å². The Hall–Kier alpha value is -1.35. The average Bonchev–Trinajstić information content (AvgIpc) is 2.25. The normalized spacial score (nSPS) is 11.9. The Morgan fingerprint density at radius 3 is 2.47 bits per heavy atom. The van der Waals surface area contributed by atoms with Crippen molar-refractivity contribution < 1.29 is 9.90 Å². The van der Waals surface area contributed by atoms with Crippen LogP contribution < -0.4 is 0 Å². The molecule has 0 spiro atoms. The first kappa shape index (κ1) is 15.7. The summed E-state index contributed by atoms with van der Waals surface area (Å²) in [4.78, 5) is 13.0. The van der Waals surface area contributed by atoms with E-state index in [2.05, 4.69) is 36.9 Å². The molecular weight excluding hydrogens is 238 g/mol. The van der Waals surface area contributed by atoms with E-state index in [1.165, 1.54) is 16.7 Å². The minimum absolute atomic E-state index is 0.163. The maximum atomic E-state index is 10.9. The quantitative estimate of drug-likeness (QED) is 0.857. The molecule has 1 N–H and O–H groups in total. The zero-order chi connectivity index (χ0) is 14.6. The third kappa shape index (κ3) is 4.67. The molecule has 1 aromatic carbocycles. The zero-order valence-corrected chi connectivity index (χ0v) is 12.7. The topological polar surface area (TPSA) is 40.5 Å². The van der Waals surface area contributed by atoms with Crippen molar-refractivity contribution in [2.24, 2.45) is 0 Å². The first-order valence-corrected chi connectivity index (χ1v) is 6.71. The van der Waals surface area contributed by atoms with Crippen molar-refractivity contribution in [3.63, 3.8) is 0 Å². The molecule has 0 bridgehead atoms. The van der Waals surface area contributed by atoms with Gasteiger partial charge in [0.2, 0.25) is 0 Å². The van der Waals surface area contributed by atoms with Crippen LogP contribution in [0.4, 0.5) is 0 Å². The fourth-order valence-corrected chi connectivity index (χ4v) is 2.22. The number of rotatable bonds is 6. The number of carboxylic acid groups (broad SMARTS) is 1. The van der Waals surface area contributed by atoms with E-state index in [9.17, 15) is 4.79 Å². The van der Waals surface area contributed by atoms with Gasteiger partial charge in [-0.25, -0.2) is 0 Å². The van der Waals surface area contributed by atoms with Crippen LogP contribution in [0, 0.1) is 13.8 Å². The molecular formula is C16H25NO2. The smallest absolute Gasteiger partial charge is 0.305 e. The fraction of sp³-hybridized carbons (Fsp3) is 0.562. The largest absolute Gasteiger partial charge is 0.481 e. The monoisotopic (exact) mass is 263 g/mol. The zero-order valence-electron chi connectivity index (χ0n) is 12.7. The van der Waals surface area contributed by atoms with Gasteiger partial charge in [-0.05, 0) is 52.3 Å². The van der Waals surface area contributed by atoms with Gasteiger partial charge >= 0.3 is 5.97 Å². The van der Waals surface area contributed by atoms with Gasteiger partial charge in [-0.1, -0.05) is 23.8 Å². The molecule has 106 valence electrons. The van der Waals surface area contributed by atoms with Crippen molar-refractivity contribution in [3.8, 4) is 0 Å². The Labute approximate surface area is 116 Å². The number of hydrogen-bond donors (Lipinski definition) is 1. The number of hydrogen-bond acceptors (Lipinski definition) is 2. The van der Waals surface area contributed by atoms with Crippen LogP contribution in [0.15, 0.2) is 18.2 Å². The lowest BCUT2D eigenvalue weighted by atomic mass is 9.97. The number of benzene rings is 1. The van der Waals surface area contributed by atoms with E-state index >= 15 is 0 Å². The molecule has 0 aliphatic heterocycles. The Bertz CT molecular complexity index is 452. The highest BCUT2D eigenvalue weighted by atomic mass is 16.4. The third-order valence-electron chi connectivity index (χ3n) is 3.83. The lowest BCUT2D eigenvalue weighted by molar-refractivity contribution is -0.139. The number of aliphatic carboxylic acids is 1. The summed E-state index contributed by atoms with van der Waals surface area (Å²) in [5.41, 5.74) is 3.61. The number of aryl methyl sites for hydroxylation is 2. The van der Waals surface area contributed by atoms with Gasteiger partial charge in [0.05, 0.1) is 6.42 Å². The lowest BCUT2D eigenvalue weighted by Crippen LogP contribution is -2.43. The average molecular weight is 263 g/mol. The SMILES string of the molecule is Cc1ccc(CCN(C)C(C)(C)CC(=O)O)c(C)c1. The van der Waals surface area contributed by atoms with Crippen molar-refractivity contribution in [1.29, 1.82) is 0 Å². The minimum atomic E-state index is -0.747. The molecule has 1 rings (SSSR count). The summed E-state index contributed by atoms with van der Waals surface area (Å²) >= 11 is 0. The Kier molecular flexibility index (Phi) is 5.12. The summed E-state index contributed by atoms with van der Waals surface area (Å²) in [7, 11) is 1.99. The first-order chi connectivity index (χ1) is 8.72. The summed E-state index contributed by atoms with van der Waals surface area (Å²) in [6, 6.07) is 6.49. The number of carbonyl (C=O) groups is 1. The number of carboxylic acids is 1. The fourth-order valence-electron chi connectivity index (χ4n) is 2.22. The second-order valence-corrected chi connectivity index (χ2v) is 5.98. The molecule has 3 heteroatoms. The van der Waals surface area contributed by atoms with Crippen LogP contribution in [-0.4, -0.2) is 35.1 Å². The van der Waals surface area contributed by atoms with Crippen LogP contribution in [0.25, 0.3) is 0 Å². The van der Waals surface area contributed by atoms with Gasteiger partial charge in [0, 0.05) is 12.1 Å². The standard InChI is InChI=1S/C16H25NO2/c1-12-6-7-14(13(2)10-12)8-9-17(5)16(3,4)11-15(18)19/h6-7,10H,8-9,11H2,1-5H3,(H,18,19). The molecule has 0 atom stereocenters. The van der Waals surface area contributed by atoms with E-state index in [1.54, 1.807) is 0 Å². The molecule has 0 amide bonds. The summed E-state index contributed by atoms with van der Waals surface area (Å²) in [5.74, 6) is -0.747. The van der Waals surface area contributed by atoms with Gasteiger partial charge < -0.3 is 10.0 Å². The molecule has 0 fully saturated rings. The van der Waals surface area contributed by atoms with Crippen molar-refractivity contribution in [2.75, 3.05) is 13.6 Å². The molecule has 0 saturated carbocycles. The molecule has 0 aliphatic carbocycles. The second kappa shape index (κ2) is 6.20. The molecule has 19 heavy (non-hydrogen) atoms. The molecule has 0 heterocycles. The Morgan fingerprint density at radius 2 is 1.95 bits per heavy atom. The highest BCUT2D eigenvalue weighted by molar-refractivity contribution is 5.68. The van der Waals surface area contributed by atoms with Crippen LogP contribution >= 0.6 is 0 Å². The van der Waals surface area contributed by atoms with E-state index in [0.717, 1.165) is 13.0 Å². The minimum Gasteiger partial charge on any atom is -0.481 e. The lowest BCUT2D eigenvalue weighted by Gasteiger charge is -2.34. The van der Waals surface area contributed by atoms with E-state index in [1.807, 2.05) is 20.9 Å². The maximum absolute atomic E-state index is 10.9. The number of nitrogens with zero attached hydrogens (tertiary/aromatic N) is 1. The van der Waals surface area contributed by atoms with E-state index < -0.39 is 5.97 Å². The van der Waals surface area contributed by atoms with Gasteiger partial charge in [0.15, 0.2) is 0 Å². The predicted molar refractivity (Wildman–Crippen MR) is 78.6 cm³/mol. The van der Waals surface area contributed by atoms with Gasteiger partial charge in [-0.3, -0.25) is 4.79 Å². The molecule has 3 nitrogen and oxygen atoms in total. The van der Waals surface area contributed by atoms with E-state index in [4.69, 9.17) is 5.11 Å². The van der Waals surface area contributed by atoms with Gasteiger partial charge in [-0.15, -0.1) is 0 Å². The molecule has 0 aliphatic rings. The highest BCUT2D eigenvalue weighted by Gasteiger charge is 2.26. The highest BCUT2D eigenvalue weighted by Crippen LogP contribution is 2.18. The van der Waals surface area contributed by atoms with Crippen molar-refractivity contribution in [3.05, 3.63) is 34.9 Å². The van der Waals surface area contributed by atoms with Crippen molar-refractivity contribution >= 4 is 5.97 Å². The van der Waals surface area contributed by atoms with Crippen LogP contribution in [0.3, 0.4) is 0 Å². The third-order valence-corrected chi connectivity index (χ3v) is 3.83. The Balaban J connectivity index is 2.63. The predicted octanol–water partition coefficient (Wildman–Crippen LogP) is 3.03. The first-order valence-electron chi connectivity index (χ1n) is 6.71. The summed E-state index contributed by atoms with van der Waals surface area (Å²) in [6.07, 6.45) is 1.11. The maximum Gasteiger partial charge on any atom is 0.305 e. The van der Waals surface area contributed by atoms with Crippen LogP contribution in [0.5, 0.6) is 0 Å². The molecule has 0 aromatic heterocycles. The summed E-state index contributed by atoms with van der Waals surface area (Å²) < 4.78 is 0. The van der Waals surface area contributed by atoms with Crippen LogP contribution in [0.2, 0.25) is 0 Å². The van der Waals surface area contributed by atoms with Gasteiger partial charge in [-0.2, -0.15) is 0 Å².